The van der Waals surface area contributed by atoms with Crippen LogP contribution in [0.3, 0.4) is 0 Å². The van der Waals surface area contributed by atoms with Crippen molar-refractivity contribution in [2.75, 3.05) is 0 Å². The van der Waals surface area contributed by atoms with Crippen molar-refractivity contribution in [2.45, 2.75) is 38.4 Å². The van der Waals surface area contributed by atoms with Crippen LogP contribution < -0.4 is 15.6 Å². The summed E-state index contributed by atoms with van der Waals surface area (Å²) in [7, 11) is -2.74. The van der Waals surface area contributed by atoms with Crippen LogP contribution in [0.25, 0.3) is 0 Å². The van der Waals surface area contributed by atoms with Crippen LogP contribution in [0.2, 0.25) is 0 Å². The van der Waals surface area contributed by atoms with Gasteiger partial charge < -0.3 is 9.16 Å². The Hall–Kier alpha value is -2.95. The molecule has 5 rings (SSSR count). The third-order valence-corrected chi connectivity index (χ3v) is 10.8. The SMILES string of the molecule is CC(=O)OC1C=C2CCC(O[Si](c3ccccc3)(c3ccccc3)c3ccccc3)C2C1. The molecule has 1 saturated carbocycles. The highest BCUT2D eigenvalue weighted by Gasteiger charge is 2.48. The minimum Gasteiger partial charge on any atom is -0.458 e. The van der Waals surface area contributed by atoms with Crippen molar-refractivity contribution >= 4 is 29.8 Å². The third kappa shape index (κ3) is 3.85. The molecule has 3 unspecified atom stereocenters. The normalized spacial score (nSPS) is 22.3. The van der Waals surface area contributed by atoms with Crippen molar-refractivity contribution in [1.82, 2.24) is 0 Å². The van der Waals surface area contributed by atoms with E-state index in [1.54, 1.807) is 0 Å². The predicted octanol–water partition coefficient (Wildman–Crippen LogP) is 3.71. The zero-order valence-electron chi connectivity index (χ0n) is 18.3. The fraction of sp³-hybridized carbons (Fsp3) is 0.250. The van der Waals surface area contributed by atoms with Crippen LogP contribution in [-0.2, 0) is 14.0 Å². The average molecular weight is 441 g/mol. The number of carbonyl (C=O) groups excluding carboxylic acids is 1. The van der Waals surface area contributed by atoms with Crippen LogP contribution in [0, 0.1) is 5.92 Å². The second-order valence-corrected chi connectivity index (χ2v) is 12.0. The third-order valence-electron chi connectivity index (χ3n) is 6.72. The summed E-state index contributed by atoms with van der Waals surface area (Å²) in [5.41, 5.74) is 1.39. The van der Waals surface area contributed by atoms with E-state index in [4.69, 9.17) is 9.16 Å². The number of fused-ring (bicyclic) bond motifs is 1. The molecule has 1 fully saturated rings. The molecule has 3 aromatic carbocycles. The quantitative estimate of drug-likeness (QED) is 0.254. The van der Waals surface area contributed by atoms with Crippen LogP contribution in [0.1, 0.15) is 26.2 Å². The molecule has 0 amide bonds. The Morgan fingerprint density at radius 1 is 0.812 bits per heavy atom. The Morgan fingerprint density at radius 3 is 1.78 bits per heavy atom. The maximum atomic E-state index is 11.5. The topological polar surface area (TPSA) is 35.5 Å². The number of hydrogen-bond acceptors (Lipinski definition) is 3. The van der Waals surface area contributed by atoms with E-state index >= 15 is 0 Å². The summed E-state index contributed by atoms with van der Waals surface area (Å²) in [6, 6.07) is 32.2. The van der Waals surface area contributed by atoms with Crippen LogP contribution in [0.4, 0.5) is 0 Å². The maximum absolute atomic E-state index is 11.5. The molecule has 4 heteroatoms. The first-order chi connectivity index (χ1) is 15.7. The minimum atomic E-state index is -2.74. The van der Waals surface area contributed by atoms with E-state index in [0.29, 0.717) is 5.92 Å². The molecule has 0 bridgehead atoms. The van der Waals surface area contributed by atoms with Gasteiger partial charge in [0.15, 0.2) is 0 Å². The van der Waals surface area contributed by atoms with E-state index in [1.165, 1.54) is 28.1 Å². The zero-order chi connectivity index (χ0) is 22.0. The zero-order valence-corrected chi connectivity index (χ0v) is 19.3. The number of esters is 1. The van der Waals surface area contributed by atoms with Gasteiger partial charge in [0.1, 0.15) is 6.10 Å². The molecule has 0 radical (unpaired) electrons. The van der Waals surface area contributed by atoms with Gasteiger partial charge in [0, 0.05) is 12.8 Å². The second kappa shape index (κ2) is 8.89. The highest BCUT2D eigenvalue weighted by Crippen LogP contribution is 2.43. The Labute approximate surface area is 190 Å². The molecule has 0 aromatic heterocycles. The summed E-state index contributed by atoms with van der Waals surface area (Å²) in [6.07, 6.45) is 4.98. The highest BCUT2D eigenvalue weighted by molar-refractivity contribution is 7.07. The summed E-state index contributed by atoms with van der Waals surface area (Å²) in [5.74, 6) is 0.0910. The van der Waals surface area contributed by atoms with Gasteiger partial charge in [-0.25, -0.2) is 0 Å². The first-order valence-corrected chi connectivity index (χ1v) is 13.3. The highest BCUT2D eigenvalue weighted by atomic mass is 28.4. The van der Waals surface area contributed by atoms with Gasteiger partial charge in [0.25, 0.3) is 8.32 Å². The number of ether oxygens (including phenoxy) is 1. The van der Waals surface area contributed by atoms with Gasteiger partial charge in [-0.05, 0) is 40.9 Å². The summed E-state index contributed by atoms with van der Waals surface area (Å²) in [4.78, 5) is 11.5. The summed E-state index contributed by atoms with van der Waals surface area (Å²) < 4.78 is 12.9. The van der Waals surface area contributed by atoms with Crippen molar-refractivity contribution in [2.24, 2.45) is 5.92 Å². The van der Waals surface area contributed by atoms with Crippen LogP contribution in [0.5, 0.6) is 0 Å². The molecule has 0 spiro atoms. The Morgan fingerprint density at radius 2 is 1.31 bits per heavy atom. The maximum Gasteiger partial charge on any atom is 0.303 e. The van der Waals surface area contributed by atoms with Crippen LogP contribution in [0.15, 0.2) is 103 Å². The van der Waals surface area contributed by atoms with Gasteiger partial charge in [-0.2, -0.15) is 0 Å². The van der Waals surface area contributed by atoms with Crippen molar-refractivity contribution in [3.63, 3.8) is 0 Å². The Balaban J connectivity index is 1.59. The lowest BCUT2D eigenvalue weighted by Crippen LogP contribution is -2.70. The number of benzene rings is 3. The van der Waals surface area contributed by atoms with Crippen molar-refractivity contribution < 1.29 is 14.0 Å². The molecule has 2 aliphatic rings. The molecule has 0 N–H and O–H groups in total. The molecule has 162 valence electrons. The molecule has 2 aliphatic carbocycles. The molecule has 3 nitrogen and oxygen atoms in total. The van der Waals surface area contributed by atoms with Crippen molar-refractivity contribution in [1.29, 1.82) is 0 Å². The van der Waals surface area contributed by atoms with E-state index in [2.05, 4.69) is 97.1 Å². The number of rotatable bonds is 6. The van der Waals surface area contributed by atoms with E-state index < -0.39 is 8.32 Å². The summed E-state index contributed by atoms with van der Waals surface area (Å²) in [5, 5.41) is 3.76. The van der Waals surface area contributed by atoms with Crippen molar-refractivity contribution in [3.05, 3.63) is 103 Å². The fourth-order valence-electron chi connectivity index (χ4n) is 5.39. The Bertz CT molecular complexity index is 999. The van der Waals surface area contributed by atoms with E-state index in [9.17, 15) is 4.79 Å². The number of hydrogen-bond donors (Lipinski definition) is 0. The van der Waals surface area contributed by atoms with E-state index in [0.717, 1.165) is 19.3 Å². The molecule has 0 saturated heterocycles. The second-order valence-electron chi connectivity index (χ2n) is 8.71. The van der Waals surface area contributed by atoms with Crippen LogP contribution >= 0.6 is 0 Å². The van der Waals surface area contributed by atoms with Gasteiger partial charge in [-0.15, -0.1) is 0 Å². The monoisotopic (exact) mass is 440 g/mol. The molecular formula is C28H28O3Si. The molecular weight excluding hydrogens is 412 g/mol. The standard InChI is InChI=1S/C28H28O3Si/c1-21(29)30-23-19-22-17-18-28(27(22)20-23)31-32(24-11-5-2-6-12-24,25-13-7-3-8-14-25)26-15-9-4-10-16-26/h2-16,19,23,27-28H,17-18,20H2,1H3. The lowest BCUT2D eigenvalue weighted by atomic mass is 10.0. The molecule has 32 heavy (non-hydrogen) atoms. The lowest BCUT2D eigenvalue weighted by molar-refractivity contribution is -0.144. The van der Waals surface area contributed by atoms with E-state index in [-0.39, 0.29) is 18.2 Å². The smallest absolute Gasteiger partial charge is 0.303 e. The largest absolute Gasteiger partial charge is 0.458 e. The molecule has 3 aromatic rings. The average Bonchev–Trinajstić information content (AvgIpc) is 3.39. The summed E-state index contributed by atoms with van der Waals surface area (Å²) in [6.45, 7) is 1.48. The molecule has 0 heterocycles. The first kappa shape index (κ1) is 20.9. The van der Waals surface area contributed by atoms with Gasteiger partial charge in [-0.3, -0.25) is 4.79 Å². The Kier molecular flexibility index (Phi) is 5.81. The minimum absolute atomic E-state index is 0.106. The first-order valence-electron chi connectivity index (χ1n) is 11.4. The van der Waals surface area contributed by atoms with E-state index in [1.807, 2.05) is 0 Å². The summed E-state index contributed by atoms with van der Waals surface area (Å²) >= 11 is 0. The molecule has 3 atom stereocenters. The lowest BCUT2D eigenvalue weighted by Gasteiger charge is -2.37. The van der Waals surface area contributed by atoms with Crippen LogP contribution in [-0.4, -0.2) is 26.5 Å². The predicted molar refractivity (Wildman–Crippen MR) is 130 cm³/mol. The van der Waals surface area contributed by atoms with Gasteiger partial charge in [-0.1, -0.05) is 96.6 Å². The molecule has 0 aliphatic heterocycles. The van der Waals surface area contributed by atoms with Crippen molar-refractivity contribution in [3.8, 4) is 0 Å². The van der Waals surface area contributed by atoms with Gasteiger partial charge >= 0.3 is 5.97 Å². The number of carbonyl (C=O) groups is 1. The van der Waals surface area contributed by atoms with Gasteiger partial charge in [0.05, 0.1) is 6.10 Å². The fourth-order valence-corrected chi connectivity index (χ4v) is 9.52. The van der Waals surface area contributed by atoms with Gasteiger partial charge in [0.2, 0.25) is 0 Å².